The molecule has 0 aromatic heterocycles. The van der Waals surface area contributed by atoms with E-state index in [2.05, 4.69) is 34.4 Å². The van der Waals surface area contributed by atoms with Gasteiger partial charge in [0.25, 0.3) is 5.91 Å². The Morgan fingerprint density at radius 1 is 1.36 bits per heavy atom. The summed E-state index contributed by atoms with van der Waals surface area (Å²) in [5.41, 5.74) is 2.09. The van der Waals surface area contributed by atoms with E-state index >= 15 is 0 Å². The van der Waals surface area contributed by atoms with Crippen molar-refractivity contribution in [2.75, 3.05) is 33.3 Å². The number of halogens is 1. The number of benzene rings is 1. The summed E-state index contributed by atoms with van der Waals surface area (Å²) in [4.78, 5) is 19.1. The minimum atomic E-state index is -0.0435. The molecule has 0 saturated carbocycles. The van der Waals surface area contributed by atoms with E-state index in [4.69, 9.17) is 4.74 Å². The van der Waals surface area contributed by atoms with Crippen LogP contribution in [0.4, 0.5) is 0 Å². The van der Waals surface area contributed by atoms with Crippen molar-refractivity contribution in [3.8, 4) is 0 Å². The number of amides is 1. The molecule has 0 bridgehead atoms. The van der Waals surface area contributed by atoms with Gasteiger partial charge in [0.2, 0.25) is 0 Å². The van der Waals surface area contributed by atoms with Gasteiger partial charge >= 0.3 is 0 Å². The van der Waals surface area contributed by atoms with Crippen molar-refractivity contribution in [3.05, 3.63) is 35.4 Å². The Morgan fingerprint density at radius 2 is 2.18 bits per heavy atom. The normalized spacial score (nSPS) is 21.3. The molecule has 156 valence electrons. The third-order valence-corrected chi connectivity index (χ3v) is 5.34. The van der Waals surface area contributed by atoms with E-state index in [0.717, 1.165) is 44.1 Å². The number of ether oxygens (including phenoxy) is 1. The molecule has 0 spiro atoms. The molecule has 0 radical (unpaired) electrons. The monoisotopic (exact) mass is 500 g/mol. The summed E-state index contributed by atoms with van der Waals surface area (Å²) in [6, 6.07) is 7.76. The second kappa shape index (κ2) is 10.4. The summed E-state index contributed by atoms with van der Waals surface area (Å²) < 4.78 is 5.56. The van der Waals surface area contributed by atoms with E-state index in [1.807, 2.05) is 31.3 Å². The lowest BCUT2D eigenvalue weighted by Gasteiger charge is -2.23. The molecule has 1 aromatic carbocycles. The lowest BCUT2D eigenvalue weighted by atomic mass is 9.93. The smallest absolute Gasteiger partial charge is 0.251 e. The number of hydrogen-bond acceptors (Lipinski definition) is 3. The van der Waals surface area contributed by atoms with Crippen LogP contribution in [0.5, 0.6) is 0 Å². The van der Waals surface area contributed by atoms with E-state index in [1.54, 1.807) is 0 Å². The Labute approximate surface area is 185 Å². The molecule has 2 aliphatic heterocycles. The SMILES string of the molecule is CN=C(NCc1cccc(C(=O)NCC2CCCO2)c1)N1CCC(C)(C)C1.I. The number of aliphatic imine (C=N–C) groups is 1. The van der Waals surface area contributed by atoms with E-state index in [9.17, 15) is 4.79 Å². The van der Waals surface area contributed by atoms with Gasteiger partial charge in [0.15, 0.2) is 5.96 Å². The lowest BCUT2D eigenvalue weighted by molar-refractivity contribution is 0.0857. The Bertz CT molecular complexity index is 687. The molecular weight excluding hydrogens is 467 g/mol. The lowest BCUT2D eigenvalue weighted by Crippen LogP contribution is -2.40. The molecule has 1 amide bonds. The highest BCUT2D eigenvalue weighted by Gasteiger charge is 2.30. The molecule has 1 unspecified atom stereocenters. The summed E-state index contributed by atoms with van der Waals surface area (Å²) in [6.45, 7) is 8.65. The number of carbonyl (C=O) groups is 1. The van der Waals surface area contributed by atoms with Crippen molar-refractivity contribution in [2.24, 2.45) is 10.4 Å². The van der Waals surface area contributed by atoms with Gasteiger partial charge in [-0.05, 0) is 42.4 Å². The maximum atomic E-state index is 12.4. The van der Waals surface area contributed by atoms with Crippen LogP contribution in [-0.4, -0.2) is 56.2 Å². The van der Waals surface area contributed by atoms with Crippen LogP contribution >= 0.6 is 24.0 Å². The predicted octanol–water partition coefficient (Wildman–Crippen LogP) is 3.02. The maximum Gasteiger partial charge on any atom is 0.251 e. The van der Waals surface area contributed by atoms with Gasteiger partial charge in [-0.2, -0.15) is 0 Å². The second-order valence-corrected chi connectivity index (χ2v) is 8.28. The zero-order valence-corrected chi connectivity index (χ0v) is 19.5. The molecule has 1 aromatic rings. The fourth-order valence-corrected chi connectivity index (χ4v) is 3.74. The van der Waals surface area contributed by atoms with Crippen molar-refractivity contribution in [1.29, 1.82) is 0 Å². The molecule has 28 heavy (non-hydrogen) atoms. The third kappa shape index (κ3) is 6.34. The molecule has 6 nitrogen and oxygen atoms in total. The highest BCUT2D eigenvalue weighted by Crippen LogP contribution is 2.28. The minimum absolute atomic E-state index is 0. The van der Waals surface area contributed by atoms with E-state index in [0.29, 0.717) is 24.1 Å². The number of nitrogens with zero attached hydrogens (tertiary/aromatic N) is 2. The first-order chi connectivity index (χ1) is 13.0. The Kier molecular flexibility index (Phi) is 8.55. The maximum absolute atomic E-state index is 12.4. The third-order valence-electron chi connectivity index (χ3n) is 5.34. The van der Waals surface area contributed by atoms with Crippen LogP contribution in [0.15, 0.2) is 29.3 Å². The van der Waals surface area contributed by atoms with Crippen LogP contribution in [0, 0.1) is 5.41 Å². The Morgan fingerprint density at radius 3 is 2.82 bits per heavy atom. The number of rotatable bonds is 5. The first-order valence-corrected chi connectivity index (χ1v) is 9.91. The minimum Gasteiger partial charge on any atom is -0.376 e. The van der Waals surface area contributed by atoms with Crippen molar-refractivity contribution in [1.82, 2.24) is 15.5 Å². The van der Waals surface area contributed by atoms with Gasteiger partial charge in [0, 0.05) is 45.4 Å². The fraction of sp³-hybridized carbons (Fsp3) is 0.619. The summed E-state index contributed by atoms with van der Waals surface area (Å²) in [5.74, 6) is 0.881. The molecule has 0 aliphatic carbocycles. The predicted molar refractivity (Wildman–Crippen MR) is 123 cm³/mol. The summed E-state index contributed by atoms with van der Waals surface area (Å²) in [7, 11) is 1.82. The summed E-state index contributed by atoms with van der Waals surface area (Å²) in [6.07, 6.45) is 3.44. The van der Waals surface area contributed by atoms with Gasteiger partial charge in [0.05, 0.1) is 6.10 Å². The number of carbonyl (C=O) groups excluding carboxylic acids is 1. The number of likely N-dealkylation sites (tertiary alicyclic amines) is 1. The van der Waals surface area contributed by atoms with Gasteiger partial charge in [-0.15, -0.1) is 24.0 Å². The van der Waals surface area contributed by atoms with Crippen molar-refractivity contribution < 1.29 is 9.53 Å². The van der Waals surface area contributed by atoms with Gasteiger partial charge in [-0.1, -0.05) is 26.0 Å². The quantitative estimate of drug-likeness (QED) is 0.371. The fourth-order valence-electron chi connectivity index (χ4n) is 3.74. The zero-order chi connectivity index (χ0) is 19.3. The standard InChI is InChI=1S/C21H32N4O2.HI/c1-21(2)9-10-25(15-21)20(22-3)24-13-16-6-4-7-17(12-16)19(26)23-14-18-8-5-11-27-18;/h4,6-7,12,18H,5,8-11,13-15H2,1-3H3,(H,22,24)(H,23,26);1H. The van der Waals surface area contributed by atoms with Crippen LogP contribution in [-0.2, 0) is 11.3 Å². The highest BCUT2D eigenvalue weighted by molar-refractivity contribution is 14.0. The average molecular weight is 500 g/mol. The molecule has 1 atom stereocenters. The van der Waals surface area contributed by atoms with Gasteiger partial charge < -0.3 is 20.3 Å². The topological polar surface area (TPSA) is 66.0 Å². The number of hydrogen-bond donors (Lipinski definition) is 2. The van der Waals surface area contributed by atoms with Crippen LogP contribution in [0.3, 0.4) is 0 Å². The van der Waals surface area contributed by atoms with Crippen molar-refractivity contribution in [2.45, 2.75) is 45.8 Å². The van der Waals surface area contributed by atoms with E-state index < -0.39 is 0 Å². The number of nitrogens with one attached hydrogen (secondary N) is 2. The summed E-state index contributed by atoms with van der Waals surface area (Å²) in [5, 5.41) is 6.41. The van der Waals surface area contributed by atoms with Gasteiger partial charge in [0.1, 0.15) is 0 Å². The van der Waals surface area contributed by atoms with Crippen LogP contribution in [0.25, 0.3) is 0 Å². The van der Waals surface area contributed by atoms with Crippen molar-refractivity contribution in [3.63, 3.8) is 0 Å². The van der Waals surface area contributed by atoms with Crippen LogP contribution in [0.2, 0.25) is 0 Å². The van der Waals surface area contributed by atoms with Crippen LogP contribution in [0.1, 0.15) is 49.0 Å². The first kappa shape index (κ1) is 22.9. The zero-order valence-electron chi connectivity index (χ0n) is 17.2. The molecule has 3 rings (SSSR count). The molecular formula is C21H33IN4O2. The molecule has 2 aliphatic rings. The molecule has 7 heteroatoms. The summed E-state index contributed by atoms with van der Waals surface area (Å²) >= 11 is 0. The molecule has 2 heterocycles. The highest BCUT2D eigenvalue weighted by atomic mass is 127. The molecule has 2 saturated heterocycles. The first-order valence-electron chi connectivity index (χ1n) is 9.91. The van der Waals surface area contributed by atoms with E-state index in [1.165, 1.54) is 6.42 Å². The Balaban J connectivity index is 0.00000280. The van der Waals surface area contributed by atoms with E-state index in [-0.39, 0.29) is 36.0 Å². The largest absolute Gasteiger partial charge is 0.376 e. The molecule has 2 N–H and O–H groups in total. The van der Waals surface area contributed by atoms with Crippen LogP contribution < -0.4 is 10.6 Å². The van der Waals surface area contributed by atoms with Crippen molar-refractivity contribution >= 4 is 35.8 Å². The Hall–Kier alpha value is -1.35. The molecule has 2 fully saturated rings. The van der Waals surface area contributed by atoms with Gasteiger partial charge in [-0.25, -0.2) is 0 Å². The number of guanidine groups is 1. The second-order valence-electron chi connectivity index (χ2n) is 8.28. The average Bonchev–Trinajstić information content (AvgIpc) is 3.30. The van der Waals surface area contributed by atoms with Gasteiger partial charge in [-0.3, -0.25) is 9.79 Å².